The fourth-order valence-electron chi connectivity index (χ4n) is 0.960. The van der Waals surface area contributed by atoms with E-state index in [1.165, 1.54) is 5.01 Å². The number of nitrogens with one attached hydrogen (secondary N) is 1. The van der Waals surface area contributed by atoms with Gasteiger partial charge in [-0.2, -0.15) is 4.99 Å². The summed E-state index contributed by atoms with van der Waals surface area (Å²) in [7, 11) is 0. The lowest BCUT2D eigenvalue weighted by Crippen LogP contribution is -2.44. The Labute approximate surface area is 62.4 Å². The average Bonchev–Trinajstić information content (AvgIpc) is 2.36. The number of rotatable bonds is 0. The zero-order valence-corrected chi connectivity index (χ0v) is 5.57. The highest BCUT2D eigenvalue weighted by molar-refractivity contribution is 6.41. The molecule has 0 atom stereocenters. The second kappa shape index (κ2) is 1.91. The minimum absolute atomic E-state index is 0.0741. The molecule has 0 saturated heterocycles. The summed E-state index contributed by atoms with van der Waals surface area (Å²) in [6.07, 6.45) is 3.27. The molecule has 1 amide bonds. The number of ketones is 1. The molecule has 0 spiro atoms. The third-order valence-corrected chi connectivity index (χ3v) is 1.50. The molecule has 2 aliphatic rings. The van der Waals surface area contributed by atoms with Crippen LogP contribution in [0, 0.1) is 0 Å². The van der Waals surface area contributed by atoms with E-state index in [-0.39, 0.29) is 6.54 Å². The van der Waals surface area contributed by atoms with Crippen LogP contribution in [0.25, 0.3) is 0 Å². The van der Waals surface area contributed by atoms with Crippen molar-refractivity contribution < 1.29 is 9.59 Å². The van der Waals surface area contributed by atoms with Crippen molar-refractivity contribution in [3.63, 3.8) is 0 Å². The van der Waals surface area contributed by atoms with Gasteiger partial charge < -0.3 is 5.43 Å². The monoisotopic (exact) mass is 151 g/mol. The van der Waals surface area contributed by atoms with Crippen molar-refractivity contribution in [1.29, 1.82) is 0 Å². The number of carbonyl (C=O) groups is 2. The van der Waals surface area contributed by atoms with Crippen LogP contribution in [-0.2, 0) is 9.59 Å². The minimum Gasteiger partial charge on any atom is -0.304 e. The maximum absolute atomic E-state index is 10.8. The third-order valence-electron chi connectivity index (χ3n) is 1.50. The SMILES string of the molecule is O=C1CN2NC=CC2=NC1=O. The summed E-state index contributed by atoms with van der Waals surface area (Å²) in [6.45, 7) is 0.0741. The van der Waals surface area contributed by atoms with E-state index in [9.17, 15) is 9.59 Å². The van der Waals surface area contributed by atoms with E-state index in [0.717, 1.165) is 0 Å². The van der Waals surface area contributed by atoms with E-state index in [1.807, 2.05) is 0 Å². The van der Waals surface area contributed by atoms with Gasteiger partial charge in [-0.05, 0) is 0 Å². The molecular weight excluding hydrogens is 146 g/mol. The number of amidine groups is 1. The number of hydrogen-bond donors (Lipinski definition) is 1. The predicted octanol–water partition coefficient (Wildman–Crippen LogP) is -1.17. The summed E-state index contributed by atoms with van der Waals surface area (Å²) in [5, 5.41) is 1.52. The minimum atomic E-state index is -0.662. The van der Waals surface area contributed by atoms with Crippen molar-refractivity contribution in [2.24, 2.45) is 4.99 Å². The molecule has 0 fully saturated rings. The number of aliphatic imine (C=N–C) groups is 1. The predicted molar refractivity (Wildman–Crippen MR) is 36.4 cm³/mol. The molecule has 0 aliphatic carbocycles. The first-order valence-electron chi connectivity index (χ1n) is 3.13. The fourth-order valence-corrected chi connectivity index (χ4v) is 0.960. The molecule has 11 heavy (non-hydrogen) atoms. The highest BCUT2D eigenvalue weighted by Crippen LogP contribution is 2.04. The van der Waals surface area contributed by atoms with Crippen molar-refractivity contribution in [1.82, 2.24) is 10.4 Å². The lowest BCUT2D eigenvalue weighted by molar-refractivity contribution is -0.136. The van der Waals surface area contributed by atoms with Crippen molar-refractivity contribution in [2.45, 2.75) is 0 Å². The third kappa shape index (κ3) is 0.813. The summed E-state index contributed by atoms with van der Waals surface area (Å²) in [6, 6.07) is 0. The Bertz CT molecular complexity index is 292. The first-order chi connectivity index (χ1) is 5.27. The Morgan fingerprint density at radius 2 is 2.36 bits per heavy atom. The quantitative estimate of drug-likeness (QED) is 0.443. The molecule has 2 rings (SSSR count). The summed E-state index contributed by atoms with van der Waals surface area (Å²) >= 11 is 0. The normalized spacial score (nSPS) is 21.5. The van der Waals surface area contributed by atoms with Gasteiger partial charge in [-0.25, -0.2) is 0 Å². The second-order valence-corrected chi connectivity index (χ2v) is 2.25. The van der Waals surface area contributed by atoms with Gasteiger partial charge in [-0.1, -0.05) is 0 Å². The molecular formula is C6H5N3O2. The van der Waals surface area contributed by atoms with Crippen molar-refractivity contribution in [3.05, 3.63) is 12.3 Å². The Kier molecular flexibility index (Phi) is 1.06. The Morgan fingerprint density at radius 1 is 1.55 bits per heavy atom. The molecule has 2 heterocycles. The van der Waals surface area contributed by atoms with Crippen LogP contribution >= 0.6 is 0 Å². The molecule has 5 nitrogen and oxygen atoms in total. The van der Waals surface area contributed by atoms with Gasteiger partial charge in [0.2, 0.25) is 5.78 Å². The highest BCUT2D eigenvalue weighted by Gasteiger charge is 2.27. The van der Waals surface area contributed by atoms with Gasteiger partial charge in [0, 0.05) is 12.3 Å². The standard InChI is InChI=1S/C6H5N3O2/c10-4-3-9-5(1-2-7-9)8-6(4)11/h1-2,7H,3H2. The molecule has 1 N–H and O–H groups in total. The van der Waals surface area contributed by atoms with Crippen LogP contribution in [-0.4, -0.2) is 29.1 Å². The molecule has 2 aliphatic heterocycles. The van der Waals surface area contributed by atoms with Crippen LogP contribution in [0.1, 0.15) is 0 Å². The van der Waals surface area contributed by atoms with E-state index < -0.39 is 11.7 Å². The number of Topliss-reactive ketones (excluding diaryl/α,β-unsaturated/α-hetero) is 1. The molecule has 56 valence electrons. The maximum atomic E-state index is 10.8. The highest BCUT2D eigenvalue weighted by atomic mass is 16.2. The lowest BCUT2D eigenvalue weighted by atomic mass is 10.3. The maximum Gasteiger partial charge on any atom is 0.317 e. The Balaban J connectivity index is 2.36. The molecule has 0 radical (unpaired) electrons. The van der Waals surface area contributed by atoms with E-state index >= 15 is 0 Å². The molecule has 0 aromatic carbocycles. The number of hydrogen-bond acceptors (Lipinski definition) is 4. The molecule has 5 heteroatoms. The zero-order valence-electron chi connectivity index (χ0n) is 5.57. The van der Waals surface area contributed by atoms with Crippen LogP contribution < -0.4 is 5.43 Å². The topological polar surface area (TPSA) is 61.8 Å². The van der Waals surface area contributed by atoms with E-state index in [4.69, 9.17) is 0 Å². The van der Waals surface area contributed by atoms with Crippen molar-refractivity contribution in [2.75, 3.05) is 6.54 Å². The second-order valence-electron chi connectivity index (χ2n) is 2.25. The van der Waals surface area contributed by atoms with Gasteiger partial charge in [-0.3, -0.25) is 14.6 Å². The van der Waals surface area contributed by atoms with Crippen LogP contribution in [0.15, 0.2) is 17.3 Å². The number of hydrazine groups is 1. The first-order valence-corrected chi connectivity index (χ1v) is 3.13. The van der Waals surface area contributed by atoms with Crippen LogP contribution in [0.3, 0.4) is 0 Å². The van der Waals surface area contributed by atoms with E-state index in [2.05, 4.69) is 10.4 Å². The smallest absolute Gasteiger partial charge is 0.304 e. The van der Waals surface area contributed by atoms with Gasteiger partial charge in [-0.15, -0.1) is 0 Å². The zero-order chi connectivity index (χ0) is 7.84. The number of nitrogens with zero attached hydrogens (tertiary/aromatic N) is 2. The van der Waals surface area contributed by atoms with Gasteiger partial charge in [0.15, 0.2) is 5.84 Å². The van der Waals surface area contributed by atoms with Gasteiger partial charge >= 0.3 is 5.91 Å². The summed E-state index contributed by atoms with van der Waals surface area (Å²) in [5.41, 5.74) is 2.76. The molecule has 0 unspecified atom stereocenters. The molecule has 0 bridgehead atoms. The summed E-state index contributed by atoms with van der Waals surface area (Å²) < 4.78 is 0. The first kappa shape index (κ1) is 6.09. The molecule has 0 aromatic heterocycles. The molecule has 0 aromatic rings. The van der Waals surface area contributed by atoms with Gasteiger partial charge in [0.05, 0.1) is 0 Å². The van der Waals surface area contributed by atoms with E-state index in [0.29, 0.717) is 5.84 Å². The molecule has 0 saturated carbocycles. The lowest BCUT2D eigenvalue weighted by Gasteiger charge is -2.20. The fraction of sp³-hybridized carbons (Fsp3) is 0.167. The summed E-state index contributed by atoms with van der Waals surface area (Å²) in [5.74, 6) is -0.635. The average molecular weight is 151 g/mol. The van der Waals surface area contributed by atoms with Crippen molar-refractivity contribution >= 4 is 17.5 Å². The number of carbonyl (C=O) groups excluding carboxylic acids is 2. The number of amides is 1. The van der Waals surface area contributed by atoms with Crippen LogP contribution in [0.2, 0.25) is 0 Å². The van der Waals surface area contributed by atoms with Gasteiger partial charge in [0.25, 0.3) is 0 Å². The summed E-state index contributed by atoms with van der Waals surface area (Å²) in [4.78, 5) is 25.0. The number of fused-ring (bicyclic) bond motifs is 1. The van der Waals surface area contributed by atoms with Gasteiger partial charge in [0.1, 0.15) is 6.54 Å². The Hall–Kier alpha value is -1.65. The largest absolute Gasteiger partial charge is 0.317 e. The van der Waals surface area contributed by atoms with Crippen LogP contribution in [0.5, 0.6) is 0 Å². The van der Waals surface area contributed by atoms with Crippen LogP contribution in [0.4, 0.5) is 0 Å². The van der Waals surface area contributed by atoms with E-state index in [1.54, 1.807) is 12.3 Å². The van der Waals surface area contributed by atoms with Crippen molar-refractivity contribution in [3.8, 4) is 0 Å². The Morgan fingerprint density at radius 3 is 3.18 bits per heavy atom.